The van der Waals surface area contributed by atoms with Crippen LogP contribution < -0.4 is 0 Å². The molecule has 8 nitrogen and oxygen atoms in total. The van der Waals surface area contributed by atoms with Gasteiger partial charge >= 0.3 is 0 Å². The Kier molecular flexibility index (Phi) is 4.36. The van der Waals surface area contributed by atoms with Gasteiger partial charge in [0.1, 0.15) is 5.69 Å². The van der Waals surface area contributed by atoms with Crippen LogP contribution in [-0.2, 0) is 16.4 Å². The van der Waals surface area contributed by atoms with E-state index in [0.29, 0.717) is 4.31 Å². The fraction of sp³-hybridized carbons (Fsp3) is 0.462. The lowest BCUT2D eigenvalue weighted by Crippen LogP contribution is -2.34. The highest BCUT2D eigenvalue weighted by atomic mass is 32.2. The maximum Gasteiger partial charge on any atom is 0.287 e. The number of nitrogens with zero attached hydrogens (tertiary/aromatic N) is 3. The number of aromatic nitrogens is 3. The second kappa shape index (κ2) is 5.91. The molecule has 9 heteroatoms. The van der Waals surface area contributed by atoms with Gasteiger partial charge < -0.3 is 4.52 Å². The molecule has 120 valence electrons. The maximum absolute atomic E-state index is 12.5. The molecule has 0 bridgehead atoms. The van der Waals surface area contributed by atoms with Gasteiger partial charge in [-0.2, -0.15) is 5.10 Å². The van der Waals surface area contributed by atoms with E-state index in [1.807, 2.05) is 6.92 Å². The summed E-state index contributed by atoms with van der Waals surface area (Å²) >= 11 is 0. The first-order valence-electron chi connectivity index (χ1n) is 6.79. The first-order chi connectivity index (χ1) is 10.3. The van der Waals surface area contributed by atoms with E-state index in [0.717, 1.165) is 18.5 Å². The van der Waals surface area contributed by atoms with Crippen LogP contribution in [0.5, 0.6) is 0 Å². The zero-order chi connectivity index (χ0) is 16.5. The SMILES string of the molecule is CCCc1cc(C(=O)N(C)S(=O)(=O)c2c(C)noc2C)n[nH]1. The third-order valence-electron chi connectivity index (χ3n) is 3.24. The molecule has 2 rings (SSSR count). The van der Waals surface area contributed by atoms with Gasteiger partial charge in [-0.1, -0.05) is 18.5 Å². The molecular weight excluding hydrogens is 308 g/mol. The number of amides is 1. The molecule has 0 fully saturated rings. The van der Waals surface area contributed by atoms with Gasteiger partial charge in [0.2, 0.25) is 0 Å². The fourth-order valence-corrected chi connectivity index (χ4v) is 3.52. The molecule has 0 aliphatic carbocycles. The molecule has 0 saturated heterocycles. The molecule has 0 radical (unpaired) electrons. The number of H-pyrrole nitrogens is 1. The minimum Gasteiger partial charge on any atom is -0.360 e. The van der Waals surface area contributed by atoms with Crippen molar-refractivity contribution in [3.8, 4) is 0 Å². The van der Waals surface area contributed by atoms with E-state index in [4.69, 9.17) is 4.52 Å². The number of sulfonamides is 1. The summed E-state index contributed by atoms with van der Waals surface area (Å²) in [6, 6.07) is 1.56. The molecule has 0 spiro atoms. The Morgan fingerprint density at radius 2 is 2.09 bits per heavy atom. The molecule has 2 heterocycles. The minimum absolute atomic E-state index is 0.0567. The van der Waals surface area contributed by atoms with Gasteiger partial charge in [0, 0.05) is 12.7 Å². The molecule has 0 atom stereocenters. The largest absolute Gasteiger partial charge is 0.360 e. The summed E-state index contributed by atoms with van der Waals surface area (Å²) in [7, 11) is -2.84. The summed E-state index contributed by atoms with van der Waals surface area (Å²) in [4.78, 5) is 12.2. The molecule has 0 aliphatic heterocycles. The summed E-state index contributed by atoms with van der Waals surface area (Å²) in [5.41, 5.74) is 1.06. The van der Waals surface area contributed by atoms with Crippen molar-refractivity contribution in [1.82, 2.24) is 19.7 Å². The van der Waals surface area contributed by atoms with Gasteiger partial charge in [0.15, 0.2) is 16.3 Å². The van der Waals surface area contributed by atoms with Crippen LogP contribution in [0.15, 0.2) is 15.5 Å². The van der Waals surface area contributed by atoms with Gasteiger partial charge in [-0.3, -0.25) is 9.89 Å². The summed E-state index contributed by atoms with van der Waals surface area (Å²) in [5, 5.41) is 10.2. The lowest BCUT2D eigenvalue weighted by molar-refractivity contribution is 0.0877. The number of rotatable bonds is 5. The third kappa shape index (κ3) is 2.76. The number of aromatic amines is 1. The van der Waals surface area contributed by atoms with E-state index in [2.05, 4.69) is 15.4 Å². The smallest absolute Gasteiger partial charge is 0.287 e. The van der Waals surface area contributed by atoms with Crippen molar-refractivity contribution in [2.45, 2.75) is 38.5 Å². The van der Waals surface area contributed by atoms with Gasteiger partial charge in [-0.25, -0.2) is 12.7 Å². The average molecular weight is 326 g/mol. The second-order valence-corrected chi connectivity index (χ2v) is 6.87. The molecule has 2 aromatic rings. The number of carbonyl (C=O) groups excluding carboxylic acids is 1. The van der Waals surface area contributed by atoms with Crippen molar-refractivity contribution in [2.24, 2.45) is 0 Å². The first-order valence-corrected chi connectivity index (χ1v) is 8.23. The van der Waals surface area contributed by atoms with E-state index < -0.39 is 15.9 Å². The summed E-state index contributed by atoms with van der Waals surface area (Å²) in [5.74, 6) is -0.565. The van der Waals surface area contributed by atoms with E-state index >= 15 is 0 Å². The van der Waals surface area contributed by atoms with Gasteiger partial charge in [0.05, 0.1) is 0 Å². The molecule has 0 aromatic carbocycles. The Morgan fingerprint density at radius 1 is 1.41 bits per heavy atom. The average Bonchev–Trinajstić information content (AvgIpc) is 3.05. The Morgan fingerprint density at radius 3 is 2.64 bits per heavy atom. The number of hydrogen-bond acceptors (Lipinski definition) is 6. The van der Waals surface area contributed by atoms with Crippen LogP contribution in [0.1, 0.15) is 41.0 Å². The molecule has 0 saturated carbocycles. The summed E-state index contributed by atoms with van der Waals surface area (Å²) in [6.07, 6.45) is 1.63. The van der Waals surface area contributed by atoms with Crippen LogP contribution in [0, 0.1) is 13.8 Å². The molecule has 0 unspecified atom stereocenters. The monoisotopic (exact) mass is 326 g/mol. The predicted octanol–water partition coefficient (Wildman–Crippen LogP) is 1.43. The Labute approximate surface area is 128 Å². The molecular formula is C13H18N4O4S. The standard InChI is InChI=1S/C13H18N4O4S/c1-5-6-10-7-11(15-14-10)13(18)17(4)22(19,20)12-8(2)16-21-9(12)3/h7H,5-6H2,1-4H3,(H,14,15). The van der Waals surface area contributed by atoms with E-state index in [1.165, 1.54) is 20.9 Å². The van der Waals surface area contributed by atoms with Crippen molar-refractivity contribution in [1.29, 1.82) is 0 Å². The quantitative estimate of drug-likeness (QED) is 0.890. The van der Waals surface area contributed by atoms with Gasteiger partial charge in [-0.05, 0) is 26.3 Å². The molecule has 1 N–H and O–H groups in total. The molecule has 2 aromatic heterocycles. The van der Waals surface area contributed by atoms with Crippen LogP contribution in [0.3, 0.4) is 0 Å². The maximum atomic E-state index is 12.5. The summed E-state index contributed by atoms with van der Waals surface area (Å²) < 4.78 is 30.6. The normalized spacial score (nSPS) is 11.6. The minimum atomic E-state index is -4.03. The first kappa shape index (κ1) is 16.2. The number of hydrogen-bond donors (Lipinski definition) is 1. The highest BCUT2D eigenvalue weighted by Crippen LogP contribution is 2.23. The van der Waals surface area contributed by atoms with E-state index in [9.17, 15) is 13.2 Å². The van der Waals surface area contributed by atoms with Crippen molar-refractivity contribution < 1.29 is 17.7 Å². The number of nitrogens with one attached hydrogen (secondary N) is 1. The van der Waals surface area contributed by atoms with Crippen LogP contribution in [0.2, 0.25) is 0 Å². The topological polar surface area (TPSA) is 109 Å². The number of aryl methyl sites for hydroxylation is 3. The molecule has 0 aliphatic rings. The fourth-order valence-electron chi connectivity index (χ4n) is 2.12. The Balaban J connectivity index is 2.33. The van der Waals surface area contributed by atoms with Crippen LogP contribution in [0.4, 0.5) is 0 Å². The van der Waals surface area contributed by atoms with Crippen molar-refractivity contribution >= 4 is 15.9 Å². The van der Waals surface area contributed by atoms with Crippen molar-refractivity contribution in [2.75, 3.05) is 7.05 Å². The van der Waals surface area contributed by atoms with Crippen LogP contribution in [0.25, 0.3) is 0 Å². The summed E-state index contributed by atoms with van der Waals surface area (Å²) in [6.45, 7) is 4.99. The predicted molar refractivity (Wildman–Crippen MR) is 77.8 cm³/mol. The van der Waals surface area contributed by atoms with Crippen LogP contribution >= 0.6 is 0 Å². The van der Waals surface area contributed by atoms with Crippen LogP contribution in [-0.4, -0.2) is 41.0 Å². The van der Waals surface area contributed by atoms with E-state index in [1.54, 1.807) is 6.07 Å². The lowest BCUT2D eigenvalue weighted by Gasteiger charge is -2.15. The number of carbonyl (C=O) groups is 1. The zero-order valence-electron chi connectivity index (χ0n) is 12.9. The zero-order valence-corrected chi connectivity index (χ0v) is 13.7. The third-order valence-corrected chi connectivity index (χ3v) is 5.23. The van der Waals surface area contributed by atoms with Gasteiger partial charge in [0.25, 0.3) is 15.9 Å². The Bertz CT molecular complexity index is 771. The van der Waals surface area contributed by atoms with Crippen molar-refractivity contribution in [3.63, 3.8) is 0 Å². The highest BCUT2D eigenvalue weighted by molar-refractivity contribution is 7.89. The van der Waals surface area contributed by atoms with Crippen molar-refractivity contribution in [3.05, 3.63) is 28.9 Å². The van der Waals surface area contributed by atoms with E-state index in [-0.39, 0.29) is 22.0 Å². The Hall–Kier alpha value is -2.16. The second-order valence-electron chi connectivity index (χ2n) is 4.96. The molecule has 22 heavy (non-hydrogen) atoms. The highest BCUT2D eigenvalue weighted by Gasteiger charge is 2.33. The molecule has 1 amide bonds. The van der Waals surface area contributed by atoms with Gasteiger partial charge in [-0.15, -0.1) is 0 Å². The lowest BCUT2D eigenvalue weighted by atomic mass is 10.2.